The minimum Gasteiger partial charge on any atom is -0.496 e. The van der Waals surface area contributed by atoms with E-state index < -0.39 is 0 Å². The third kappa shape index (κ3) is 6.10. The molecule has 0 aromatic heterocycles. The van der Waals surface area contributed by atoms with Gasteiger partial charge in [-0.05, 0) is 58.9 Å². The van der Waals surface area contributed by atoms with E-state index in [2.05, 4.69) is 39.8 Å². The van der Waals surface area contributed by atoms with Crippen molar-refractivity contribution < 1.29 is 14.3 Å². The lowest BCUT2D eigenvalue weighted by Crippen LogP contribution is -2.00. The predicted octanol–water partition coefficient (Wildman–Crippen LogP) is 7.42. The van der Waals surface area contributed by atoms with Crippen LogP contribution in [0.5, 0.6) is 11.5 Å². The number of rotatable bonds is 9. The molecule has 3 aromatic rings. The summed E-state index contributed by atoms with van der Waals surface area (Å²) in [6.07, 6.45) is 3.44. The van der Waals surface area contributed by atoms with E-state index in [0.717, 1.165) is 22.6 Å². The number of hydrogen-bond acceptors (Lipinski definition) is 3. The number of allylic oxidation sites excluding steroid dienone is 1. The molecule has 0 atom stereocenters. The fourth-order valence-electron chi connectivity index (χ4n) is 3.43. The predicted molar refractivity (Wildman–Crippen MR) is 132 cm³/mol. The van der Waals surface area contributed by atoms with Crippen LogP contribution in [0.2, 0.25) is 0 Å². The van der Waals surface area contributed by atoms with E-state index in [1.807, 2.05) is 60.7 Å². The van der Waals surface area contributed by atoms with E-state index in [4.69, 9.17) is 9.47 Å². The highest BCUT2D eigenvalue weighted by molar-refractivity contribution is 6.06. The Morgan fingerprint density at radius 3 is 2.00 bits per heavy atom. The summed E-state index contributed by atoms with van der Waals surface area (Å²) in [7, 11) is 1.65. The van der Waals surface area contributed by atoms with Crippen LogP contribution in [0, 0.1) is 0 Å². The van der Waals surface area contributed by atoms with Gasteiger partial charge in [0.05, 0.1) is 7.11 Å². The highest BCUT2D eigenvalue weighted by Gasteiger charge is 2.07. The molecule has 3 rings (SSSR count). The van der Waals surface area contributed by atoms with Crippen molar-refractivity contribution in [1.82, 2.24) is 0 Å². The summed E-state index contributed by atoms with van der Waals surface area (Å²) in [6.45, 7) is 9.01. The fourth-order valence-corrected chi connectivity index (χ4v) is 3.43. The standard InChI is InChI=1S/C29H32O3/c1-20(2)23-8-10-25(11-9-23)28(30)16-6-22-7-17-29(31-5)26(18-22)19-32-27-14-12-24(13-15-27)21(3)4/h6-18,20-21H,19H2,1-5H3/b16-6+. The molecule has 0 aliphatic rings. The highest BCUT2D eigenvalue weighted by atomic mass is 16.5. The van der Waals surface area contributed by atoms with Gasteiger partial charge in [0.15, 0.2) is 5.78 Å². The highest BCUT2D eigenvalue weighted by Crippen LogP contribution is 2.24. The van der Waals surface area contributed by atoms with Crippen LogP contribution in [-0.4, -0.2) is 12.9 Å². The van der Waals surface area contributed by atoms with Gasteiger partial charge in [0, 0.05) is 11.1 Å². The van der Waals surface area contributed by atoms with Crippen molar-refractivity contribution in [2.24, 2.45) is 0 Å². The largest absolute Gasteiger partial charge is 0.496 e. The second kappa shape index (κ2) is 10.8. The molecule has 166 valence electrons. The van der Waals surface area contributed by atoms with Crippen molar-refractivity contribution in [2.45, 2.75) is 46.1 Å². The van der Waals surface area contributed by atoms with Gasteiger partial charge >= 0.3 is 0 Å². The number of ether oxygens (including phenoxy) is 2. The summed E-state index contributed by atoms with van der Waals surface area (Å²) in [5.74, 6) is 2.50. The van der Waals surface area contributed by atoms with Gasteiger partial charge in [0.1, 0.15) is 18.1 Å². The summed E-state index contributed by atoms with van der Waals surface area (Å²) in [4.78, 5) is 12.6. The number of hydrogen-bond donors (Lipinski definition) is 0. The summed E-state index contributed by atoms with van der Waals surface area (Å²) >= 11 is 0. The molecule has 0 heterocycles. The van der Waals surface area contributed by atoms with Crippen LogP contribution in [0.15, 0.2) is 72.8 Å². The summed E-state index contributed by atoms with van der Waals surface area (Å²) < 4.78 is 11.5. The summed E-state index contributed by atoms with van der Waals surface area (Å²) in [5.41, 5.74) is 5.05. The molecule has 0 saturated heterocycles. The molecule has 3 nitrogen and oxygen atoms in total. The van der Waals surface area contributed by atoms with Crippen molar-refractivity contribution in [3.63, 3.8) is 0 Å². The zero-order chi connectivity index (χ0) is 23.1. The lowest BCUT2D eigenvalue weighted by atomic mass is 10.00. The molecule has 0 saturated carbocycles. The molecular formula is C29H32O3. The summed E-state index contributed by atoms with van der Waals surface area (Å²) in [6, 6.07) is 21.8. The van der Waals surface area contributed by atoms with E-state index in [-0.39, 0.29) is 5.78 Å². The Hall–Kier alpha value is -3.33. The molecule has 0 amide bonds. The third-order valence-electron chi connectivity index (χ3n) is 5.53. The van der Waals surface area contributed by atoms with Crippen LogP contribution in [0.3, 0.4) is 0 Å². The Morgan fingerprint density at radius 2 is 1.44 bits per heavy atom. The molecule has 0 bridgehead atoms. The topological polar surface area (TPSA) is 35.5 Å². The molecule has 0 spiro atoms. The Labute approximate surface area is 191 Å². The lowest BCUT2D eigenvalue weighted by molar-refractivity contribution is 0.104. The molecule has 0 aliphatic carbocycles. The maximum absolute atomic E-state index is 12.6. The van der Waals surface area contributed by atoms with E-state index in [1.165, 1.54) is 11.1 Å². The van der Waals surface area contributed by atoms with Gasteiger partial charge in [0.25, 0.3) is 0 Å². The minimum atomic E-state index is -0.0147. The summed E-state index contributed by atoms with van der Waals surface area (Å²) in [5, 5.41) is 0. The van der Waals surface area contributed by atoms with E-state index in [0.29, 0.717) is 24.0 Å². The Kier molecular flexibility index (Phi) is 7.88. The first kappa shape index (κ1) is 23.3. The number of methoxy groups -OCH3 is 1. The molecule has 3 heteroatoms. The van der Waals surface area contributed by atoms with Gasteiger partial charge in [0.2, 0.25) is 0 Å². The van der Waals surface area contributed by atoms with Gasteiger partial charge in [-0.2, -0.15) is 0 Å². The van der Waals surface area contributed by atoms with Crippen molar-refractivity contribution in [3.05, 3.63) is 101 Å². The second-order valence-electron chi connectivity index (χ2n) is 8.56. The van der Waals surface area contributed by atoms with Crippen LogP contribution in [-0.2, 0) is 6.61 Å². The first-order valence-electron chi connectivity index (χ1n) is 11.1. The fraction of sp³-hybridized carbons (Fsp3) is 0.276. The van der Waals surface area contributed by atoms with Gasteiger partial charge in [-0.15, -0.1) is 0 Å². The number of carbonyl (C=O) groups is 1. The number of ketones is 1. The smallest absolute Gasteiger partial charge is 0.185 e. The Morgan fingerprint density at radius 1 is 0.844 bits per heavy atom. The van der Waals surface area contributed by atoms with Crippen LogP contribution < -0.4 is 9.47 Å². The van der Waals surface area contributed by atoms with E-state index >= 15 is 0 Å². The molecule has 0 N–H and O–H groups in total. The van der Waals surface area contributed by atoms with Crippen LogP contribution in [0.4, 0.5) is 0 Å². The van der Waals surface area contributed by atoms with Crippen LogP contribution >= 0.6 is 0 Å². The van der Waals surface area contributed by atoms with Crippen molar-refractivity contribution >= 4 is 11.9 Å². The van der Waals surface area contributed by atoms with Gasteiger partial charge in [-0.1, -0.05) is 76.2 Å². The second-order valence-corrected chi connectivity index (χ2v) is 8.56. The van der Waals surface area contributed by atoms with Gasteiger partial charge in [-0.3, -0.25) is 4.79 Å². The monoisotopic (exact) mass is 428 g/mol. The Balaban J connectivity index is 1.70. The zero-order valence-corrected chi connectivity index (χ0v) is 19.6. The van der Waals surface area contributed by atoms with Gasteiger partial charge < -0.3 is 9.47 Å². The molecule has 0 radical (unpaired) electrons. The first-order valence-corrected chi connectivity index (χ1v) is 11.1. The zero-order valence-electron chi connectivity index (χ0n) is 19.6. The average molecular weight is 429 g/mol. The van der Waals surface area contributed by atoms with Crippen LogP contribution in [0.1, 0.15) is 72.1 Å². The maximum atomic E-state index is 12.6. The normalized spacial score (nSPS) is 11.3. The SMILES string of the molecule is COc1ccc(/C=C/C(=O)c2ccc(C(C)C)cc2)cc1COc1ccc(C(C)C)cc1. The van der Waals surface area contributed by atoms with Gasteiger partial charge in [-0.25, -0.2) is 0 Å². The molecule has 0 unspecified atom stereocenters. The number of benzene rings is 3. The average Bonchev–Trinajstić information content (AvgIpc) is 2.81. The quantitative estimate of drug-likeness (QED) is 0.263. The third-order valence-corrected chi connectivity index (χ3v) is 5.53. The molecule has 3 aromatic carbocycles. The van der Waals surface area contributed by atoms with E-state index in [1.54, 1.807) is 13.2 Å². The molecule has 0 aliphatic heterocycles. The lowest BCUT2D eigenvalue weighted by Gasteiger charge is -2.12. The first-order chi connectivity index (χ1) is 15.4. The minimum absolute atomic E-state index is 0.0147. The van der Waals surface area contributed by atoms with Crippen LogP contribution in [0.25, 0.3) is 6.08 Å². The molecule has 0 fully saturated rings. The van der Waals surface area contributed by atoms with Crippen molar-refractivity contribution in [1.29, 1.82) is 0 Å². The van der Waals surface area contributed by atoms with Crippen molar-refractivity contribution in [2.75, 3.05) is 7.11 Å². The molecular weight excluding hydrogens is 396 g/mol. The van der Waals surface area contributed by atoms with E-state index in [9.17, 15) is 4.79 Å². The molecule has 32 heavy (non-hydrogen) atoms. The Bertz CT molecular complexity index is 1060. The van der Waals surface area contributed by atoms with Crippen molar-refractivity contribution in [3.8, 4) is 11.5 Å². The maximum Gasteiger partial charge on any atom is 0.185 e. The number of carbonyl (C=O) groups excluding carboxylic acids is 1.